The van der Waals surface area contributed by atoms with Crippen molar-refractivity contribution in [3.05, 3.63) is 62.7 Å². The average molecular weight is 437 g/mol. The first-order valence-corrected chi connectivity index (χ1v) is 8.22. The van der Waals surface area contributed by atoms with E-state index < -0.39 is 0 Å². The highest BCUT2D eigenvalue weighted by Gasteiger charge is 2.10. The number of aromatic nitrogens is 1. The molecule has 0 aliphatic carbocycles. The van der Waals surface area contributed by atoms with Crippen molar-refractivity contribution in [3.63, 3.8) is 0 Å². The quantitative estimate of drug-likeness (QED) is 0.425. The minimum atomic E-state index is -0.331. The standard InChI is InChI=1S/C16H11Br2N3O2/c17-11-6-10(15(22)13(18)7-11)8-20-21-16(23)12-3-1-2-9-4-5-19-14(9)12/h1-8,19,22H,(H,21,23). The van der Waals surface area contributed by atoms with Crippen LogP contribution in [-0.4, -0.2) is 22.2 Å². The Labute approximate surface area is 148 Å². The van der Waals surface area contributed by atoms with Gasteiger partial charge in [-0.3, -0.25) is 4.79 Å². The second-order valence-corrected chi connectivity index (χ2v) is 6.54. The summed E-state index contributed by atoms with van der Waals surface area (Å²) in [7, 11) is 0. The van der Waals surface area contributed by atoms with Crippen molar-refractivity contribution in [2.75, 3.05) is 0 Å². The first kappa shape index (κ1) is 15.8. The maximum absolute atomic E-state index is 12.2. The van der Waals surface area contributed by atoms with Crippen LogP contribution in [0.5, 0.6) is 5.75 Å². The van der Waals surface area contributed by atoms with Crippen molar-refractivity contribution in [3.8, 4) is 5.75 Å². The Morgan fingerprint density at radius 3 is 2.91 bits per heavy atom. The van der Waals surface area contributed by atoms with Crippen LogP contribution in [-0.2, 0) is 0 Å². The van der Waals surface area contributed by atoms with Crippen molar-refractivity contribution >= 4 is 54.9 Å². The van der Waals surface area contributed by atoms with Gasteiger partial charge >= 0.3 is 0 Å². The molecule has 0 bridgehead atoms. The molecule has 0 saturated carbocycles. The van der Waals surface area contributed by atoms with Crippen LogP contribution in [0.1, 0.15) is 15.9 Å². The SMILES string of the molecule is O=C(NN=Cc1cc(Br)cc(Br)c1O)c1cccc2cc[nH]c12. The Kier molecular flexibility index (Phi) is 4.49. The zero-order chi connectivity index (χ0) is 16.4. The molecule has 3 aromatic rings. The van der Waals surface area contributed by atoms with Crippen molar-refractivity contribution in [2.24, 2.45) is 5.10 Å². The van der Waals surface area contributed by atoms with Gasteiger partial charge in [0.05, 0.1) is 21.8 Å². The largest absolute Gasteiger partial charge is 0.506 e. The monoisotopic (exact) mass is 435 g/mol. The first-order chi connectivity index (χ1) is 11.1. The van der Waals surface area contributed by atoms with Crippen LogP contribution in [0.2, 0.25) is 0 Å². The second kappa shape index (κ2) is 6.55. The van der Waals surface area contributed by atoms with E-state index in [9.17, 15) is 9.90 Å². The highest BCUT2D eigenvalue weighted by atomic mass is 79.9. The first-order valence-electron chi connectivity index (χ1n) is 6.64. The third-order valence-corrected chi connectivity index (χ3v) is 4.32. The molecule has 116 valence electrons. The lowest BCUT2D eigenvalue weighted by Crippen LogP contribution is -2.18. The van der Waals surface area contributed by atoms with Gasteiger partial charge in [0.25, 0.3) is 5.91 Å². The van der Waals surface area contributed by atoms with Gasteiger partial charge in [-0.25, -0.2) is 5.43 Å². The molecule has 0 unspecified atom stereocenters. The zero-order valence-electron chi connectivity index (χ0n) is 11.7. The molecular weight excluding hydrogens is 426 g/mol. The number of aromatic amines is 1. The van der Waals surface area contributed by atoms with E-state index in [1.807, 2.05) is 18.2 Å². The second-order valence-electron chi connectivity index (χ2n) is 4.77. The number of halogens is 2. The molecule has 0 aliphatic rings. The molecule has 5 nitrogen and oxygen atoms in total. The van der Waals surface area contributed by atoms with Crippen LogP contribution in [0, 0.1) is 0 Å². The summed E-state index contributed by atoms with van der Waals surface area (Å²) in [5, 5.41) is 14.8. The minimum absolute atomic E-state index is 0.0534. The number of phenolic OH excluding ortho intramolecular Hbond substituents is 1. The van der Waals surface area contributed by atoms with E-state index in [1.165, 1.54) is 6.21 Å². The number of aromatic hydroxyl groups is 1. The van der Waals surface area contributed by atoms with E-state index in [0.717, 1.165) is 15.4 Å². The maximum Gasteiger partial charge on any atom is 0.273 e. The molecule has 3 N–H and O–H groups in total. The smallest absolute Gasteiger partial charge is 0.273 e. The highest BCUT2D eigenvalue weighted by Crippen LogP contribution is 2.30. The number of amides is 1. The van der Waals surface area contributed by atoms with Gasteiger partial charge in [-0.05, 0) is 40.2 Å². The summed E-state index contributed by atoms with van der Waals surface area (Å²) in [6.07, 6.45) is 3.17. The molecule has 0 saturated heterocycles. The van der Waals surface area contributed by atoms with Crippen LogP contribution in [0.3, 0.4) is 0 Å². The van der Waals surface area contributed by atoms with Gasteiger partial charge in [0.2, 0.25) is 0 Å². The fourth-order valence-electron chi connectivity index (χ4n) is 2.18. The highest BCUT2D eigenvalue weighted by molar-refractivity contribution is 9.11. The van der Waals surface area contributed by atoms with Crippen LogP contribution >= 0.6 is 31.9 Å². The molecule has 1 aromatic heterocycles. The number of carbonyl (C=O) groups excluding carboxylic acids is 1. The van der Waals surface area contributed by atoms with Crippen molar-refractivity contribution < 1.29 is 9.90 Å². The van der Waals surface area contributed by atoms with Gasteiger partial charge in [0.1, 0.15) is 5.75 Å². The molecule has 2 aromatic carbocycles. The molecule has 0 fully saturated rings. The number of nitrogens with zero attached hydrogens (tertiary/aromatic N) is 1. The third kappa shape index (κ3) is 3.30. The number of fused-ring (bicyclic) bond motifs is 1. The molecule has 0 spiro atoms. The predicted molar refractivity (Wildman–Crippen MR) is 96.9 cm³/mol. The number of para-hydroxylation sites is 1. The Morgan fingerprint density at radius 2 is 2.09 bits per heavy atom. The number of phenols is 1. The molecule has 3 rings (SSSR count). The Morgan fingerprint density at radius 1 is 1.26 bits per heavy atom. The zero-order valence-corrected chi connectivity index (χ0v) is 14.8. The molecule has 0 atom stereocenters. The number of rotatable bonds is 3. The van der Waals surface area contributed by atoms with Gasteiger partial charge < -0.3 is 10.1 Å². The lowest BCUT2D eigenvalue weighted by Gasteiger charge is -2.04. The number of hydrogen-bond acceptors (Lipinski definition) is 3. The number of carbonyl (C=O) groups is 1. The van der Waals surface area contributed by atoms with Crippen LogP contribution in [0.4, 0.5) is 0 Å². The molecule has 0 radical (unpaired) electrons. The van der Waals surface area contributed by atoms with Gasteiger partial charge in [-0.2, -0.15) is 5.10 Å². The van der Waals surface area contributed by atoms with Gasteiger partial charge in [0.15, 0.2) is 0 Å². The van der Waals surface area contributed by atoms with E-state index in [4.69, 9.17) is 0 Å². The summed E-state index contributed by atoms with van der Waals surface area (Å²) in [5.41, 5.74) is 4.20. The van der Waals surface area contributed by atoms with E-state index in [2.05, 4.69) is 47.4 Å². The third-order valence-electron chi connectivity index (χ3n) is 3.26. The fraction of sp³-hybridized carbons (Fsp3) is 0. The summed E-state index contributed by atoms with van der Waals surface area (Å²) < 4.78 is 1.32. The predicted octanol–water partition coefficient (Wildman–Crippen LogP) is 4.16. The molecule has 1 heterocycles. The molecule has 0 aliphatic heterocycles. The van der Waals surface area contributed by atoms with Crippen LogP contribution in [0.15, 0.2) is 56.6 Å². The summed E-state index contributed by atoms with van der Waals surface area (Å²) >= 11 is 6.58. The summed E-state index contributed by atoms with van der Waals surface area (Å²) in [6, 6.07) is 10.8. The Balaban J connectivity index is 1.81. The van der Waals surface area contributed by atoms with Crippen molar-refractivity contribution in [2.45, 2.75) is 0 Å². The van der Waals surface area contributed by atoms with Crippen LogP contribution in [0.25, 0.3) is 10.9 Å². The number of H-pyrrole nitrogens is 1. The summed E-state index contributed by atoms with van der Waals surface area (Å²) in [4.78, 5) is 15.3. The fourth-order valence-corrected chi connectivity index (χ4v) is 3.44. The molecular formula is C16H11Br2N3O2. The number of hydrogen-bond donors (Lipinski definition) is 3. The number of hydrazone groups is 1. The maximum atomic E-state index is 12.2. The van der Waals surface area contributed by atoms with Crippen LogP contribution < -0.4 is 5.43 Å². The molecule has 7 heteroatoms. The lowest BCUT2D eigenvalue weighted by atomic mass is 10.1. The Hall–Kier alpha value is -2.12. The minimum Gasteiger partial charge on any atom is -0.506 e. The molecule has 23 heavy (non-hydrogen) atoms. The van der Waals surface area contributed by atoms with E-state index in [1.54, 1.807) is 24.4 Å². The van der Waals surface area contributed by atoms with E-state index in [-0.39, 0.29) is 11.7 Å². The van der Waals surface area contributed by atoms with Gasteiger partial charge in [-0.1, -0.05) is 28.1 Å². The molecule has 1 amide bonds. The average Bonchev–Trinajstić information content (AvgIpc) is 3.00. The van der Waals surface area contributed by atoms with E-state index in [0.29, 0.717) is 15.6 Å². The summed E-state index contributed by atoms with van der Waals surface area (Å²) in [5.74, 6) is -0.277. The van der Waals surface area contributed by atoms with Crippen molar-refractivity contribution in [1.82, 2.24) is 10.4 Å². The lowest BCUT2D eigenvalue weighted by molar-refractivity contribution is 0.0956. The van der Waals surface area contributed by atoms with Gasteiger partial charge in [0, 0.05) is 21.6 Å². The normalized spacial score (nSPS) is 11.2. The number of benzene rings is 2. The Bertz CT molecular complexity index is 919. The van der Waals surface area contributed by atoms with Crippen molar-refractivity contribution in [1.29, 1.82) is 0 Å². The van der Waals surface area contributed by atoms with E-state index >= 15 is 0 Å². The summed E-state index contributed by atoms with van der Waals surface area (Å²) in [6.45, 7) is 0. The topological polar surface area (TPSA) is 77.5 Å². The van der Waals surface area contributed by atoms with Gasteiger partial charge in [-0.15, -0.1) is 0 Å². The number of nitrogens with one attached hydrogen (secondary N) is 2.